The number of piperidine rings is 1. The maximum atomic E-state index is 14.2. The van der Waals surface area contributed by atoms with Crippen molar-refractivity contribution in [3.05, 3.63) is 39.4 Å². The Bertz CT molecular complexity index is 903. The zero-order chi connectivity index (χ0) is 18.2. The lowest BCUT2D eigenvalue weighted by molar-refractivity contribution is -0.0132. The van der Waals surface area contributed by atoms with E-state index in [9.17, 15) is 9.18 Å². The quantitative estimate of drug-likeness (QED) is 0.871. The van der Waals surface area contributed by atoms with Gasteiger partial charge in [-0.2, -0.15) is 0 Å². The maximum absolute atomic E-state index is 14.2. The van der Waals surface area contributed by atoms with E-state index in [1.54, 1.807) is 13.2 Å². The molecule has 1 fully saturated rings. The van der Waals surface area contributed by atoms with Crippen LogP contribution in [0.3, 0.4) is 0 Å². The fourth-order valence-corrected chi connectivity index (χ4v) is 3.49. The van der Waals surface area contributed by atoms with Crippen LogP contribution in [0.25, 0.3) is 10.9 Å². The molecule has 2 aromatic rings. The maximum Gasteiger partial charge on any atom is 0.266 e. The average molecular weight is 342 g/mol. The number of pyridine rings is 1. The van der Waals surface area contributed by atoms with E-state index in [1.165, 1.54) is 6.07 Å². The van der Waals surface area contributed by atoms with Crippen molar-refractivity contribution in [3.63, 3.8) is 0 Å². The molecule has 0 radical (unpaired) electrons. The molecule has 0 atom stereocenters. The van der Waals surface area contributed by atoms with Crippen LogP contribution in [0.1, 0.15) is 37.8 Å². The largest absolute Gasteiger partial charge is 0.378 e. The molecule has 0 aliphatic carbocycles. The number of halogens is 1. The molecule has 1 aliphatic heterocycles. The summed E-state index contributed by atoms with van der Waals surface area (Å²) in [6.45, 7) is 5.46. The highest BCUT2D eigenvalue weighted by Crippen LogP contribution is 2.34. The number of aromatic amines is 1. The summed E-state index contributed by atoms with van der Waals surface area (Å²) in [6, 6.07) is 3.20. The summed E-state index contributed by atoms with van der Waals surface area (Å²) in [4.78, 5) is 17.3. The Morgan fingerprint density at radius 1 is 1.40 bits per heavy atom. The summed E-state index contributed by atoms with van der Waals surface area (Å²) in [5.74, 6) is 2.22. The van der Waals surface area contributed by atoms with E-state index in [1.807, 2.05) is 6.92 Å². The molecule has 3 rings (SSSR count). The lowest BCUT2D eigenvalue weighted by atomic mass is 9.92. The van der Waals surface area contributed by atoms with E-state index >= 15 is 0 Å². The second kappa shape index (κ2) is 6.53. The monoisotopic (exact) mass is 342 g/mol. The van der Waals surface area contributed by atoms with Gasteiger partial charge in [0.15, 0.2) is 0 Å². The summed E-state index contributed by atoms with van der Waals surface area (Å²) in [5, 5.41) is 0.798. The number of nitrogens with zero attached hydrogens (tertiary/aromatic N) is 1. The van der Waals surface area contributed by atoms with Crippen LogP contribution in [0.2, 0.25) is 0 Å². The number of ether oxygens (including phenoxy) is 1. The van der Waals surface area contributed by atoms with Crippen LogP contribution < -0.4 is 10.5 Å². The summed E-state index contributed by atoms with van der Waals surface area (Å²) in [5.41, 5.74) is 1.62. The highest BCUT2D eigenvalue weighted by molar-refractivity contribution is 5.95. The fraction of sp³-hybridized carbons (Fsp3) is 0.450. The molecule has 25 heavy (non-hydrogen) atoms. The van der Waals surface area contributed by atoms with Gasteiger partial charge < -0.3 is 14.6 Å². The Balaban J connectivity index is 2.19. The van der Waals surface area contributed by atoms with Crippen LogP contribution in [0.5, 0.6) is 0 Å². The number of anilines is 1. The summed E-state index contributed by atoms with van der Waals surface area (Å²) in [7, 11) is 1.72. The van der Waals surface area contributed by atoms with Crippen LogP contribution in [-0.2, 0) is 11.2 Å². The fourth-order valence-electron chi connectivity index (χ4n) is 3.49. The van der Waals surface area contributed by atoms with Crippen molar-refractivity contribution in [2.75, 3.05) is 25.1 Å². The number of aromatic nitrogens is 1. The molecule has 0 unspecified atom stereocenters. The van der Waals surface area contributed by atoms with E-state index in [0.29, 0.717) is 23.1 Å². The van der Waals surface area contributed by atoms with E-state index in [-0.39, 0.29) is 17.0 Å². The average Bonchev–Trinajstić information content (AvgIpc) is 2.61. The van der Waals surface area contributed by atoms with E-state index in [0.717, 1.165) is 37.0 Å². The van der Waals surface area contributed by atoms with E-state index < -0.39 is 0 Å². The summed E-state index contributed by atoms with van der Waals surface area (Å²) >= 11 is 0. The van der Waals surface area contributed by atoms with Gasteiger partial charge in [0.1, 0.15) is 11.4 Å². The highest BCUT2D eigenvalue weighted by Gasteiger charge is 2.31. The van der Waals surface area contributed by atoms with Crippen LogP contribution in [0.15, 0.2) is 16.9 Å². The first-order valence-corrected chi connectivity index (χ1v) is 8.57. The molecule has 0 spiro atoms. The number of H-pyrrole nitrogens is 1. The van der Waals surface area contributed by atoms with Crippen LogP contribution in [0.4, 0.5) is 10.1 Å². The molecule has 2 heterocycles. The normalized spacial score (nSPS) is 16.8. The topological polar surface area (TPSA) is 45.3 Å². The number of terminal acetylenes is 1. The Labute approximate surface area is 147 Å². The first-order valence-electron chi connectivity index (χ1n) is 8.57. The molecule has 0 amide bonds. The van der Waals surface area contributed by atoms with Crippen molar-refractivity contribution >= 4 is 16.6 Å². The number of aryl methyl sites for hydroxylation is 1. The van der Waals surface area contributed by atoms with Gasteiger partial charge in [0.2, 0.25) is 0 Å². The summed E-state index contributed by atoms with van der Waals surface area (Å²) in [6.07, 6.45) is 7.88. The predicted octanol–water partition coefficient (Wildman–Crippen LogP) is 3.22. The van der Waals surface area contributed by atoms with Crippen LogP contribution >= 0.6 is 0 Å². The van der Waals surface area contributed by atoms with Crippen molar-refractivity contribution in [1.29, 1.82) is 0 Å². The van der Waals surface area contributed by atoms with Crippen molar-refractivity contribution in [2.24, 2.45) is 0 Å². The molecule has 1 aromatic heterocycles. The van der Waals surface area contributed by atoms with Gasteiger partial charge in [0.25, 0.3) is 5.56 Å². The third-order valence-electron chi connectivity index (χ3n) is 5.31. The third-order valence-corrected chi connectivity index (χ3v) is 5.31. The van der Waals surface area contributed by atoms with Crippen molar-refractivity contribution in [2.45, 2.75) is 38.7 Å². The molecule has 5 heteroatoms. The highest BCUT2D eigenvalue weighted by atomic mass is 19.1. The third kappa shape index (κ3) is 3.03. The second-order valence-electron chi connectivity index (χ2n) is 6.81. The number of fused-ring (bicyclic) bond motifs is 1. The van der Waals surface area contributed by atoms with E-state index in [4.69, 9.17) is 11.2 Å². The molecule has 1 aromatic carbocycles. The predicted molar refractivity (Wildman–Crippen MR) is 98.7 cm³/mol. The van der Waals surface area contributed by atoms with Gasteiger partial charge in [-0.15, -0.1) is 6.42 Å². The standard InChI is InChI=1S/C20H23FN2O2/c1-5-13-11-15-17(12-16(13)21)22-19(24)14(6-2)18(15)23-9-7-20(3,25-4)8-10-23/h2,11-12H,5,7-10H2,1,3-4H3,(H,22,24). The van der Waals surface area contributed by atoms with Crippen molar-refractivity contribution in [3.8, 4) is 12.3 Å². The smallest absolute Gasteiger partial charge is 0.266 e. The lowest BCUT2D eigenvalue weighted by Gasteiger charge is -2.40. The minimum absolute atomic E-state index is 0.162. The molecule has 4 nitrogen and oxygen atoms in total. The summed E-state index contributed by atoms with van der Waals surface area (Å²) < 4.78 is 19.8. The zero-order valence-corrected chi connectivity index (χ0v) is 14.9. The molecule has 1 aliphatic rings. The SMILES string of the molecule is C#Cc1c(N2CCC(C)(OC)CC2)c2cc(CC)c(F)cc2[nH]c1=O. The number of benzene rings is 1. The molecule has 1 N–H and O–H groups in total. The minimum Gasteiger partial charge on any atom is -0.378 e. The molecular weight excluding hydrogens is 319 g/mol. The first-order chi connectivity index (χ1) is 11.9. The first kappa shape index (κ1) is 17.5. The van der Waals surface area contributed by atoms with Gasteiger partial charge >= 0.3 is 0 Å². The van der Waals surface area contributed by atoms with Gasteiger partial charge in [0.05, 0.1) is 16.8 Å². The lowest BCUT2D eigenvalue weighted by Crippen LogP contribution is -2.44. The van der Waals surface area contributed by atoms with Gasteiger partial charge in [0, 0.05) is 25.6 Å². The minimum atomic E-state index is -0.353. The van der Waals surface area contributed by atoms with Gasteiger partial charge in [-0.3, -0.25) is 4.79 Å². The van der Waals surface area contributed by atoms with Gasteiger partial charge in [-0.1, -0.05) is 12.8 Å². The number of hydrogen-bond acceptors (Lipinski definition) is 3. The molecule has 1 saturated heterocycles. The Hall–Kier alpha value is -2.32. The Kier molecular flexibility index (Phi) is 4.57. The van der Waals surface area contributed by atoms with Gasteiger partial charge in [-0.25, -0.2) is 4.39 Å². The molecular formula is C20H23FN2O2. The van der Waals surface area contributed by atoms with E-state index in [2.05, 4.69) is 22.7 Å². The second-order valence-corrected chi connectivity index (χ2v) is 6.81. The zero-order valence-electron chi connectivity index (χ0n) is 14.9. The molecule has 132 valence electrons. The van der Waals surface area contributed by atoms with Crippen molar-refractivity contribution < 1.29 is 9.13 Å². The molecule has 0 bridgehead atoms. The number of hydrogen-bond donors (Lipinski definition) is 1. The van der Waals surface area contributed by atoms with Gasteiger partial charge in [-0.05, 0) is 43.9 Å². The Morgan fingerprint density at radius 3 is 2.64 bits per heavy atom. The number of rotatable bonds is 3. The number of methoxy groups -OCH3 is 1. The number of nitrogens with one attached hydrogen (secondary N) is 1. The Morgan fingerprint density at radius 2 is 2.08 bits per heavy atom. The van der Waals surface area contributed by atoms with Crippen LogP contribution in [-0.4, -0.2) is 30.8 Å². The van der Waals surface area contributed by atoms with Crippen molar-refractivity contribution in [1.82, 2.24) is 4.98 Å². The molecule has 0 saturated carbocycles. The van der Waals surface area contributed by atoms with Crippen LogP contribution in [0, 0.1) is 18.2 Å².